The number of ketones is 1. The van der Waals surface area contributed by atoms with E-state index in [0.29, 0.717) is 23.1 Å². The Kier molecular flexibility index (Phi) is 4.58. The second-order valence-corrected chi connectivity index (χ2v) is 7.87. The van der Waals surface area contributed by atoms with Crippen molar-refractivity contribution in [1.29, 1.82) is 0 Å². The van der Waals surface area contributed by atoms with Gasteiger partial charge in [-0.1, -0.05) is 41.1 Å². The first-order chi connectivity index (χ1) is 13.0. The fourth-order valence-electron chi connectivity index (χ4n) is 3.02. The smallest absolute Gasteiger partial charge is 0.180 e. The van der Waals surface area contributed by atoms with E-state index in [0.717, 1.165) is 16.1 Å². The molecular formula is C21H20N4OS. The molecule has 6 heteroatoms. The Balaban J connectivity index is 1.82. The molecule has 0 atom stereocenters. The van der Waals surface area contributed by atoms with Crippen molar-refractivity contribution in [2.24, 2.45) is 0 Å². The molecule has 4 rings (SSSR count). The Morgan fingerprint density at radius 3 is 2.63 bits per heavy atom. The van der Waals surface area contributed by atoms with Gasteiger partial charge in [0, 0.05) is 6.42 Å². The van der Waals surface area contributed by atoms with Gasteiger partial charge in [0.25, 0.3) is 0 Å². The second-order valence-electron chi connectivity index (χ2n) is 6.92. The van der Waals surface area contributed by atoms with E-state index in [-0.39, 0.29) is 11.8 Å². The monoisotopic (exact) mass is 376 g/mol. The highest BCUT2D eigenvalue weighted by Gasteiger charge is 2.20. The van der Waals surface area contributed by atoms with Gasteiger partial charge >= 0.3 is 0 Å². The van der Waals surface area contributed by atoms with Crippen LogP contribution < -0.4 is 0 Å². The van der Waals surface area contributed by atoms with Crippen molar-refractivity contribution < 1.29 is 4.79 Å². The highest BCUT2D eigenvalue weighted by Crippen LogP contribution is 2.28. The molecule has 0 radical (unpaired) electrons. The fraction of sp³-hybridized carbons (Fsp3) is 0.238. The lowest BCUT2D eigenvalue weighted by atomic mass is 10.0. The normalized spacial score (nSPS) is 11.4. The van der Waals surface area contributed by atoms with Gasteiger partial charge in [-0.15, -0.1) is 16.4 Å². The van der Waals surface area contributed by atoms with E-state index in [4.69, 9.17) is 4.98 Å². The number of pyridine rings is 1. The quantitative estimate of drug-likeness (QED) is 0.466. The number of hydrogen-bond acceptors (Lipinski definition) is 5. The Morgan fingerprint density at radius 1 is 1.19 bits per heavy atom. The van der Waals surface area contributed by atoms with Crippen LogP contribution in [0.1, 0.15) is 41.4 Å². The summed E-state index contributed by atoms with van der Waals surface area (Å²) in [5.41, 5.74) is 4.76. The zero-order chi connectivity index (χ0) is 19.0. The number of benzene rings is 1. The molecule has 0 bridgehead atoms. The molecule has 5 nitrogen and oxygen atoms in total. The van der Waals surface area contributed by atoms with Crippen molar-refractivity contribution in [3.05, 3.63) is 64.5 Å². The van der Waals surface area contributed by atoms with Gasteiger partial charge in [-0.3, -0.25) is 4.79 Å². The fourth-order valence-corrected chi connectivity index (χ4v) is 3.70. The molecule has 0 amide bonds. The maximum Gasteiger partial charge on any atom is 0.180 e. The lowest BCUT2D eigenvalue weighted by molar-refractivity contribution is 0.0994. The molecule has 0 spiro atoms. The van der Waals surface area contributed by atoms with E-state index in [1.165, 1.54) is 5.56 Å². The number of nitrogens with zero attached hydrogens (tertiary/aromatic N) is 4. The molecule has 0 saturated carbocycles. The van der Waals surface area contributed by atoms with E-state index >= 15 is 0 Å². The summed E-state index contributed by atoms with van der Waals surface area (Å²) in [4.78, 5) is 18.9. The summed E-state index contributed by atoms with van der Waals surface area (Å²) in [6.07, 6.45) is 0.331. The molecule has 1 aromatic carbocycles. The second kappa shape index (κ2) is 7.04. The summed E-state index contributed by atoms with van der Waals surface area (Å²) >= 11 is 1.60. The topological polar surface area (TPSA) is 60.7 Å². The molecule has 0 N–H and O–H groups in total. The minimum absolute atomic E-state index is 0.0277. The van der Waals surface area contributed by atoms with Crippen LogP contribution in [0.15, 0.2) is 47.8 Å². The van der Waals surface area contributed by atoms with Gasteiger partial charge in [0.2, 0.25) is 0 Å². The maximum absolute atomic E-state index is 13.1. The molecule has 3 heterocycles. The number of aromatic nitrogens is 4. The average molecular weight is 376 g/mol. The zero-order valence-electron chi connectivity index (χ0n) is 15.5. The Labute approximate surface area is 161 Å². The molecule has 27 heavy (non-hydrogen) atoms. The predicted molar refractivity (Wildman–Crippen MR) is 108 cm³/mol. The number of carbonyl (C=O) groups is 1. The van der Waals surface area contributed by atoms with Gasteiger partial charge in [0.05, 0.1) is 22.2 Å². The summed E-state index contributed by atoms with van der Waals surface area (Å²) in [6, 6.07) is 14.0. The third-order valence-electron chi connectivity index (χ3n) is 4.48. The van der Waals surface area contributed by atoms with Gasteiger partial charge in [-0.05, 0) is 43.8 Å². The molecule has 136 valence electrons. The summed E-state index contributed by atoms with van der Waals surface area (Å²) in [7, 11) is 0. The summed E-state index contributed by atoms with van der Waals surface area (Å²) in [6.45, 7) is 6.10. The number of carbonyl (C=O) groups excluding carboxylic acids is 1. The SMILES string of the molecule is Cc1ccc(CC(=O)c2cc(-c3cccs3)nc3c2nnn3C(C)C)cc1. The third kappa shape index (κ3) is 3.40. The molecule has 0 fully saturated rings. The molecule has 0 unspecified atom stereocenters. The highest BCUT2D eigenvalue weighted by atomic mass is 32.1. The average Bonchev–Trinajstić information content (AvgIpc) is 3.32. The number of aryl methyl sites for hydroxylation is 1. The summed E-state index contributed by atoms with van der Waals surface area (Å²) in [5.74, 6) is 0.0277. The lowest BCUT2D eigenvalue weighted by Crippen LogP contribution is -2.07. The van der Waals surface area contributed by atoms with Gasteiger partial charge in [-0.2, -0.15) is 0 Å². The van der Waals surface area contributed by atoms with Crippen LogP contribution in [-0.4, -0.2) is 25.8 Å². The van der Waals surface area contributed by atoms with E-state index < -0.39 is 0 Å². The third-order valence-corrected chi connectivity index (χ3v) is 5.37. The van der Waals surface area contributed by atoms with E-state index in [2.05, 4.69) is 10.3 Å². The Hall–Kier alpha value is -2.86. The van der Waals surface area contributed by atoms with Crippen LogP contribution in [0, 0.1) is 6.92 Å². The van der Waals surface area contributed by atoms with Crippen LogP contribution in [0.5, 0.6) is 0 Å². The molecule has 0 aliphatic carbocycles. The molecule has 4 aromatic rings. The summed E-state index contributed by atoms with van der Waals surface area (Å²) in [5, 5.41) is 10.5. The number of Topliss-reactive ketones (excluding diaryl/α,β-unsaturated/α-hetero) is 1. The molecule has 3 aromatic heterocycles. The first-order valence-corrected chi connectivity index (χ1v) is 9.79. The Bertz CT molecular complexity index is 1100. The van der Waals surface area contributed by atoms with Crippen LogP contribution >= 0.6 is 11.3 Å². The van der Waals surface area contributed by atoms with Crippen molar-refractivity contribution >= 4 is 28.3 Å². The summed E-state index contributed by atoms with van der Waals surface area (Å²) < 4.78 is 1.77. The molecular weight excluding hydrogens is 356 g/mol. The maximum atomic E-state index is 13.1. The molecule has 0 aliphatic rings. The lowest BCUT2D eigenvalue weighted by Gasteiger charge is -2.08. The number of thiophene rings is 1. The van der Waals surface area contributed by atoms with E-state index in [1.807, 2.05) is 68.6 Å². The van der Waals surface area contributed by atoms with E-state index in [9.17, 15) is 4.79 Å². The van der Waals surface area contributed by atoms with E-state index in [1.54, 1.807) is 16.0 Å². The van der Waals surface area contributed by atoms with Gasteiger partial charge in [0.15, 0.2) is 11.4 Å². The van der Waals surface area contributed by atoms with Crippen molar-refractivity contribution in [2.45, 2.75) is 33.2 Å². The molecule has 0 saturated heterocycles. The van der Waals surface area contributed by atoms with Crippen LogP contribution in [0.25, 0.3) is 21.7 Å². The van der Waals surface area contributed by atoms with Crippen LogP contribution in [0.4, 0.5) is 0 Å². The standard InChI is InChI=1S/C21H20N4OS/c1-13(2)25-21-20(23-24-25)16(12-17(22-21)19-5-4-10-27-19)18(26)11-15-8-6-14(3)7-9-15/h4-10,12-13H,11H2,1-3H3. The van der Waals surface area contributed by atoms with Crippen molar-refractivity contribution in [2.75, 3.05) is 0 Å². The number of rotatable bonds is 5. The first kappa shape index (κ1) is 17.5. The van der Waals surface area contributed by atoms with Gasteiger partial charge in [0.1, 0.15) is 5.52 Å². The van der Waals surface area contributed by atoms with Crippen LogP contribution in [-0.2, 0) is 6.42 Å². The van der Waals surface area contributed by atoms with Crippen LogP contribution in [0.2, 0.25) is 0 Å². The minimum atomic E-state index is 0.0277. The van der Waals surface area contributed by atoms with Crippen LogP contribution in [0.3, 0.4) is 0 Å². The van der Waals surface area contributed by atoms with Crippen molar-refractivity contribution in [3.8, 4) is 10.6 Å². The zero-order valence-corrected chi connectivity index (χ0v) is 16.3. The highest BCUT2D eigenvalue weighted by molar-refractivity contribution is 7.13. The number of hydrogen-bond donors (Lipinski definition) is 0. The van der Waals surface area contributed by atoms with Gasteiger partial charge in [-0.25, -0.2) is 9.67 Å². The largest absolute Gasteiger partial charge is 0.294 e. The first-order valence-electron chi connectivity index (χ1n) is 8.91. The Morgan fingerprint density at radius 2 is 1.96 bits per heavy atom. The predicted octanol–water partition coefficient (Wildman–Crippen LogP) is 4.87. The van der Waals surface area contributed by atoms with Crippen molar-refractivity contribution in [1.82, 2.24) is 20.0 Å². The molecule has 0 aliphatic heterocycles. The minimum Gasteiger partial charge on any atom is -0.294 e. The number of fused-ring (bicyclic) bond motifs is 1. The van der Waals surface area contributed by atoms with Gasteiger partial charge < -0.3 is 0 Å². The van der Waals surface area contributed by atoms with Crippen molar-refractivity contribution in [3.63, 3.8) is 0 Å².